The van der Waals surface area contributed by atoms with Crippen LogP contribution < -0.4 is 5.73 Å². The molecule has 1 heterocycles. The molecule has 0 unspecified atom stereocenters. The van der Waals surface area contributed by atoms with Crippen LogP contribution >= 0.6 is 0 Å². The quantitative estimate of drug-likeness (QED) is 0.703. The summed E-state index contributed by atoms with van der Waals surface area (Å²) >= 11 is 0. The summed E-state index contributed by atoms with van der Waals surface area (Å²) in [5.41, 5.74) is 5.83. The number of carbonyl (C=O) groups excluding carboxylic acids is 1. The van der Waals surface area contributed by atoms with Crippen molar-refractivity contribution in [3.63, 3.8) is 0 Å². The molecule has 2 N–H and O–H groups in total. The van der Waals surface area contributed by atoms with Crippen LogP contribution in [0.5, 0.6) is 0 Å². The molecule has 6 heteroatoms. The first-order valence-electron chi connectivity index (χ1n) is 4.31. The van der Waals surface area contributed by atoms with Gasteiger partial charge in [-0.1, -0.05) is 0 Å². The van der Waals surface area contributed by atoms with Gasteiger partial charge in [0.1, 0.15) is 6.07 Å². The highest BCUT2D eigenvalue weighted by Crippen LogP contribution is 2.10. The molecule has 0 fully saturated rings. The Labute approximate surface area is 86.7 Å². The summed E-state index contributed by atoms with van der Waals surface area (Å²) in [7, 11) is 0. The monoisotopic (exact) mass is 206 g/mol. The predicted octanol–water partition coefficient (Wildman–Crippen LogP) is 0.416. The lowest BCUT2D eigenvalue weighted by Crippen LogP contribution is -2.13. The SMILES string of the molecule is CCOC(=O)c1nc(N)c(C#N)nc1C. The minimum absolute atomic E-state index is 0.0144. The molecule has 0 bridgehead atoms. The average molecular weight is 206 g/mol. The van der Waals surface area contributed by atoms with E-state index < -0.39 is 5.97 Å². The second-order valence-corrected chi connectivity index (χ2v) is 2.72. The molecule has 0 aromatic carbocycles. The fourth-order valence-electron chi connectivity index (χ4n) is 1.01. The molecule has 0 aliphatic heterocycles. The van der Waals surface area contributed by atoms with Crippen molar-refractivity contribution in [1.82, 2.24) is 9.97 Å². The molecule has 0 aliphatic carbocycles. The van der Waals surface area contributed by atoms with Crippen molar-refractivity contribution in [3.05, 3.63) is 17.1 Å². The van der Waals surface area contributed by atoms with E-state index in [1.54, 1.807) is 19.9 Å². The number of aryl methyl sites for hydroxylation is 1. The Morgan fingerprint density at radius 1 is 1.60 bits per heavy atom. The highest BCUT2D eigenvalue weighted by molar-refractivity contribution is 5.88. The number of hydrogen-bond donors (Lipinski definition) is 1. The number of esters is 1. The third kappa shape index (κ3) is 2.20. The minimum Gasteiger partial charge on any atom is -0.461 e. The van der Waals surface area contributed by atoms with Crippen LogP contribution in [0, 0.1) is 18.3 Å². The number of nitriles is 1. The second-order valence-electron chi connectivity index (χ2n) is 2.72. The van der Waals surface area contributed by atoms with Gasteiger partial charge in [0.15, 0.2) is 17.2 Å². The Morgan fingerprint density at radius 2 is 2.27 bits per heavy atom. The van der Waals surface area contributed by atoms with Crippen LogP contribution in [-0.4, -0.2) is 22.5 Å². The summed E-state index contributed by atoms with van der Waals surface area (Å²) in [4.78, 5) is 19.0. The summed E-state index contributed by atoms with van der Waals surface area (Å²) in [6, 6.07) is 1.78. The first-order valence-corrected chi connectivity index (χ1v) is 4.31. The van der Waals surface area contributed by atoms with E-state index in [-0.39, 0.29) is 23.8 Å². The van der Waals surface area contributed by atoms with E-state index in [4.69, 9.17) is 15.7 Å². The zero-order chi connectivity index (χ0) is 11.4. The van der Waals surface area contributed by atoms with Crippen molar-refractivity contribution in [1.29, 1.82) is 5.26 Å². The molecule has 6 nitrogen and oxygen atoms in total. The highest BCUT2D eigenvalue weighted by atomic mass is 16.5. The number of nitrogens with zero attached hydrogens (tertiary/aromatic N) is 3. The number of ether oxygens (including phenoxy) is 1. The van der Waals surface area contributed by atoms with Crippen molar-refractivity contribution in [3.8, 4) is 6.07 Å². The van der Waals surface area contributed by atoms with E-state index in [0.29, 0.717) is 5.69 Å². The van der Waals surface area contributed by atoms with Crippen LogP contribution in [0.25, 0.3) is 0 Å². The van der Waals surface area contributed by atoms with Crippen LogP contribution in [0.4, 0.5) is 5.82 Å². The number of aromatic nitrogens is 2. The summed E-state index contributed by atoms with van der Waals surface area (Å²) in [5, 5.41) is 8.63. The lowest BCUT2D eigenvalue weighted by molar-refractivity contribution is 0.0518. The van der Waals surface area contributed by atoms with Gasteiger partial charge in [-0.3, -0.25) is 0 Å². The highest BCUT2D eigenvalue weighted by Gasteiger charge is 2.16. The van der Waals surface area contributed by atoms with Gasteiger partial charge in [-0.25, -0.2) is 14.8 Å². The number of carbonyl (C=O) groups is 1. The van der Waals surface area contributed by atoms with E-state index in [9.17, 15) is 4.79 Å². The summed E-state index contributed by atoms with van der Waals surface area (Å²) in [5.74, 6) is -0.648. The number of anilines is 1. The van der Waals surface area contributed by atoms with Crippen LogP contribution in [0.15, 0.2) is 0 Å². The molecule has 15 heavy (non-hydrogen) atoms. The Balaban J connectivity index is 3.17. The molecule has 1 aromatic rings. The molecule has 0 spiro atoms. The average Bonchev–Trinajstić information content (AvgIpc) is 2.21. The van der Waals surface area contributed by atoms with Crippen molar-refractivity contribution >= 4 is 11.8 Å². The molecular weight excluding hydrogens is 196 g/mol. The molecule has 78 valence electrons. The van der Waals surface area contributed by atoms with Crippen LogP contribution in [0.1, 0.15) is 28.8 Å². The third-order valence-electron chi connectivity index (χ3n) is 1.67. The van der Waals surface area contributed by atoms with Gasteiger partial charge in [-0.05, 0) is 13.8 Å². The normalized spacial score (nSPS) is 9.40. The molecule has 0 saturated carbocycles. The first-order chi connectivity index (χ1) is 7.10. The van der Waals surface area contributed by atoms with Crippen molar-refractivity contribution in [2.75, 3.05) is 12.3 Å². The molecule has 0 saturated heterocycles. The van der Waals surface area contributed by atoms with Gasteiger partial charge in [-0.15, -0.1) is 0 Å². The number of nitrogens with two attached hydrogens (primary N) is 1. The van der Waals surface area contributed by atoms with Crippen LogP contribution in [0.3, 0.4) is 0 Å². The summed E-state index contributed by atoms with van der Waals surface area (Å²) in [6.45, 7) is 3.51. The van der Waals surface area contributed by atoms with Crippen molar-refractivity contribution in [2.45, 2.75) is 13.8 Å². The zero-order valence-electron chi connectivity index (χ0n) is 8.44. The van der Waals surface area contributed by atoms with Crippen LogP contribution in [0.2, 0.25) is 0 Å². The van der Waals surface area contributed by atoms with Crippen molar-refractivity contribution < 1.29 is 9.53 Å². The van der Waals surface area contributed by atoms with Crippen LogP contribution in [-0.2, 0) is 4.74 Å². The van der Waals surface area contributed by atoms with Gasteiger partial charge in [0.2, 0.25) is 0 Å². The minimum atomic E-state index is -0.585. The first kappa shape index (κ1) is 10.9. The van der Waals surface area contributed by atoms with Gasteiger partial charge in [0, 0.05) is 0 Å². The number of rotatable bonds is 2. The van der Waals surface area contributed by atoms with Gasteiger partial charge in [0.25, 0.3) is 0 Å². The Bertz CT molecular complexity index is 436. The molecule has 1 rings (SSSR count). The lowest BCUT2D eigenvalue weighted by Gasteiger charge is -2.05. The second kappa shape index (κ2) is 4.37. The van der Waals surface area contributed by atoms with E-state index in [1.165, 1.54) is 0 Å². The predicted molar refractivity (Wildman–Crippen MR) is 51.9 cm³/mol. The smallest absolute Gasteiger partial charge is 0.358 e. The van der Waals surface area contributed by atoms with Crippen molar-refractivity contribution in [2.24, 2.45) is 0 Å². The van der Waals surface area contributed by atoms with E-state index >= 15 is 0 Å². The standard InChI is InChI=1S/C9H10N4O2/c1-3-15-9(14)7-5(2)12-6(4-10)8(11)13-7/h3H2,1-2H3,(H2,11,13). The maximum atomic E-state index is 11.4. The Morgan fingerprint density at radius 3 is 2.80 bits per heavy atom. The van der Waals surface area contributed by atoms with E-state index in [2.05, 4.69) is 9.97 Å². The molecule has 1 aromatic heterocycles. The molecule has 0 atom stereocenters. The maximum absolute atomic E-state index is 11.4. The Kier molecular flexibility index (Phi) is 3.18. The van der Waals surface area contributed by atoms with E-state index in [0.717, 1.165) is 0 Å². The van der Waals surface area contributed by atoms with Gasteiger partial charge < -0.3 is 10.5 Å². The molecular formula is C9H10N4O2. The van der Waals surface area contributed by atoms with Gasteiger partial charge >= 0.3 is 5.97 Å². The third-order valence-corrected chi connectivity index (χ3v) is 1.67. The molecule has 0 amide bonds. The van der Waals surface area contributed by atoms with E-state index in [1.807, 2.05) is 0 Å². The zero-order valence-corrected chi connectivity index (χ0v) is 8.44. The Hall–Kier alpha value is -2.16. The topological polar surface area (TPSA) is 102 Å². The summed E-state index contributed by atoms with van der Waals surface area (Å²) in [6.07, 6.45) is 0. The lowest BCUT2D eigenvalue weighted by atomic mass is 10.3. The fraction of sp³-hybridized carbons (Fsp3) is 0.333. The molecule has 0 radical (unpaired) electrons. The maximum Gasteiger partial charge on any atom is 0.358 e. The number of hydrogen-bond acceptors (Lipinski definition) is 6. The summed E-state index contributed by atoms with van der Waals surface area (Å²) < 4.78 is 4.76. The molecule has 0 aliphatic rings. The fourth-order valence-corrected chi connectivity index (χ4v) is 1.01. The largest absolute Gasteiger partial charge is 0.461 e. The van der Waals surface area contributed by atoms with Gasteiger partial charge in [0.05, 0.1) is 12.3 Å². The number of nitrogen functional groups attached to an aromatic ring is 1. The van der Waals surface area contributed by atoms with Gasteiger partial charge in [-0.2, -0.15) is 5.26 Å².